The number of rotatable bonds is 17. The summed E-state index contributed by atoms with van der Waals surface area (Å²) in [6.45, 7) is -0.227. The second-order valence-corrected chi connectivity index (χ2v) is 15.0. The van der Waals surface area contributed by atoms with E-state index in [2.05, 4.69) is 15.3 Å². The highest BCUT2D eigenvalue weighted by molar-refractivity contribution is 7.10. The van der Waals surface area contributed by atoms with Crippen molar-refractivity contribution in [1.82, 2.24) is 24.9 Å². The van der Waals surface area contributed by atoms with Gasteiger partial charge in [0.25, 0.3) is 0 Å². The van der Waals surface area contributed by atoms with E-state index in [4.69, 9.17) is 23.7 Å². The lowest BCUT2D eigenvalue weighted by Crippen LogP contribution is -2.64. The molecule has 7 N–H and O–H groups in total. The number of halogens is 1. The Bertz CT molecular complexity index is 1750. The first kappa shape index (κ1) is 43.0. The molecule has 4 unspecified atom stereocenters. The predicted octanol–water partition coefficient (Wildman–Crippen LogP) is -0.220. The number of hydrogen-bond acceptors (Lipinski definition) is 18. The topological polar surface area (TPSA) is 269 Å². The van der Waals surface area contributed by atoms with Crippen LogP contribution in [0.3, 0.4) is 0 Å². The number of amides is 1. The van der Waals surface area contributed by atoms with Crippen molar-refractivity contribution in [2.45, 2.75) is 119 Å². The third kappa shape index (κ3) is 10.4. The number of benzene rings is 1. The lowest BCUT2D eigenvalue weighted by Gasteiger charge is -2.45. The van der Waals surface area contributed by atoms with E-state index in [1.54, 1.807) is 21.2 Å². The molecule has 1 aromatic carbocycles. The molecule has 3 aromatic rings. The van der Waals surface area contributed by atoms with Crippen molar-refractivity contribution in [3.05, 3.63) is 63.6 Å². The molecule has 6 rings (SSSR count). The van der Waals surface area contributed by atoms with Crippen LogP contribution < -0.4 is 0 Å². The highest BCUT2D eigenvalue weighted by Crippen LogP contribution is 2.35. The van der Waals surface area contributed by atoms with Crippen LogP contribution in [0.5, 0.6) is 0 Å². The third-order valence-electron chi connectivity index (χ3n) is 10.1. The molecule has 19 nitrogen and oxygen atoms in total. The Morgan fingerprint density at radius 1 is 0.895 bits per heavy atom. The van der Waals surface area contributed by atoms with Crippen molar-refractivity contribution in [2.75, 3.05) is 26.4 Å². The maximum absolute atomic E-state index is 13.3. The summed E-state index contributed by atoms with van der Waals surface area (Å²) in [6.07, 6.45) is -9.76. The van der Waals surface area contributed by atoms with Gasteiger partial charge in [0.2, 0.25) is 5.78 Å². The minimum atomic E-state index is -1.77. The molecular formula is C36H48FN5O14S. The summed E-state index contributed by atoms with van der Waals surface area (Å²) >= 11 is 1.31. The van der Waals surface area contributed by atoms with E-state index in [1.807, 2.05) is 0 Å². The molecule has 3 saturated heterocycles. The lowest BCUT2D eigenvalue weighted by molar-refractivity contribution is -0.360. The van der Waals surface area contributed by atoms with E-state index in [0.717, 1.165) is 25.7 Å². The van der Waals surface area contributed by atoms with Gasteiger partial charge in [0.15, 0.2) is 12.6 Å². The van der Waals surface area contributed by atoms with E-state index in [-0.39, 0.29) is 30.7 Å². The van der Waals surface area contributed by atoms with Crippen LogP contribution in [0.25, 0.3) is 0 Å². The monoisotopic (exact) mass is 825 g/mol. The van der Waals surface area contributed by atoms with Crippen LogP contribution >= 0.6 is 11.3 Å². The van der Waals surface area contributed by atoms with Gasteiger partial charge in [0.05, 0.1) is 38.7 Å². The van der Waals surface area contributed by atoms with Crippen molar-refractivity contribution in [1.29, 1.82) is 0 Å². The SMILES string of the molecule is O=C(c1ccc(F)cc1)c1csc([C@@H]2CCCN2C(=O)OCCCCCCn2cc(CO[C@@H]3OC(CO)[C@@H](O[C@@H]4OC(CO)[C@H](O)[C@H](O)C4O)[C@H](O)C3O)nn2)n1. The Morgan fingerprint density at radius 2 is 1.61 bits per heavy atom. The zero-order valence-electron chi connectivity index (χ0n) is 30.8. The van der Waals surface area contributed by atoms with Gasteiger partial charge in [0.1, 0.15) is 71.0 Å². The average Bonchev–Trinajstić information content (AvgIpc) is 4.01. The number of ether oxygens (including phenoxy) is 5. The average molecular weight is 826 g/mol. The summed E-state index contributed by atoms with van der Waals surface area (Å²) in [6, 6.07) is 5.00. The van der Waals surface area contributed by atoms with E-state index >= 15 is 0 Å². The van der Waals surface area contributed by atoms with Crippen LogP contribution in [-0.4, -0.2) is 160 Å². The Morgan fingerprint density at radius 3 is 2.37 bits per heavy atom. The quantitative estimate of drug-likeness (QED) is 0.0685. The first-order valence-corrected chi connectivity index (χ1v) is 19.6. The highest BCUT2D eigenvalue weighted by atomic mass is 32.1. The number of likely N-dealkylation sites (tertiary alicyclic amines) is 1. The highest BCUT2D eigenvalue weighted by Gasteiger charge is 2.50. The van der Waals surface area contributed by atoms with Crippen molar-refractivity contribution < 1.29 is 73.4 Å². The fraction of sp³-hybridized carbons (Fsp3) is 0.639. The standard InChI is InChI=1S/C36H48FN5O14S/c37-20-9-7-19(8-10-20)26(45)22-18-57-33(38-22)23-6-5-12-42(23)36(51)52-13-4-2-1-3-11-41-14-21(39-40-41)17-53-34-31(50)29(48)32(25(16-44)55-34)56-35-30(49)28(47)27(46)24(15-43)54-35/h7-10,14,18,23-25,27-32,34-35,43-44,46-50H,1-6,11-13,15-17H2/t23-,24?,25?,27-,28-,29+,30?,31?,32+,34+,35-/m0/s1. The van der Waals surface area contributed by atoms with Gasteiger partial charge < -0.3 is 59.4 Å². The number of nitrogens with zero attached hydrogens (tertiary/aromatic N) is 5. The molecular weight excluding hydrogens is 777 g/mol. The van der Waals surface area contributed by atoms with Gasteiger partial charge in [-0.2, -0.15) is 0 Å². The smallest absolute Gasteiger partial charge is 0.410 e. The van der Waals surface area contributed by atoms with E-state index in [1.165, 1.54) is 35.6 Å². The summed E-state index contributed by atoms with van der Waals surface area (Å²) < 4.78 is 42.6. The number of carbonyl (C=O) groups excluding carboxylic acids is 2. The Hall–Kier alpha value is -3.58. The number of aryl methyl sites for hydroxylation is 1. The van der Waals surface area contributed by atoms with Crippen LogP contribution in [0.4, 0.5) is 9.18 Å². The number of unbranched alkanes of at least 4 members (excludes halogenated alkanes) is 3. The van der Waals surface area contributed by atoms with Crippen LogP contribution in [0.1, 0.15) is 71.3 Å². The zero-order chi connectivity index (χ0) is 40.6. The Balaban J connectivity index is 0.873. The fourth-order valence-electron chi connectivity index (χ4n) is 6.88. The minimum Gasteiger partial charge on any atom is -0.449 e. The molecule has 57 heavy (non-hydrogen) atoms. The Kier molecular flexibility index (Phi) is 15.0. The van der Waals surface area contributed by atoms with Crippen molar-refractivity contribution in [2.24, 2.45) is 0 Å². The van der Waals surface area contributed by atoms with Crippen LogP contribution in [0.2, 0.25) is 0 Å². The molecule has 21 heteroatoms. The maximum Gasteiger partial charge on any atom is 0.410 e. The summed E-state index contributed by atoms with van der Waals surface area (Å²) in [5.74, 6) is -0.740. The summed E-state index contributed by atoms with van der Waals surface area (Å²) in [4.78, 5) is 31.8. The number of thiazole rings is 1. The third-order valence-corrected chi connectivity index (χ3v) is 11.0. The van der Waals surface area contributed by atoms with Gasteiger partial charge in [-0.3, -0.25) is 14.4 Å². The number of ketones is 1. The van der Waals surface area contributed by atoms with Gasteiger partial charge in [0, 0.05) is 24.0 Å². The summed E-state index contributed by atoms with van der Waals surface area (Å²) in [5, 5.41) is 81.7. The first-order valence-electron chi connectivity index (χ1n) is 18.8. The molecule has 11 atom stereocenters. The van der Waals surface area contributed by atoms with Crippen LogP contribution in [0.15, 0.2) is 35.8 Å². The first-order chi connectivity index (χ1) is 27.5. The van der Waals surface area contributed by atoms with E-state index in [0.29, 0.717) is 42.2 Å². The molecule has 0 bridgehead atoms. The second-order valence-electron chi connectivity index (χ2n) is 14.1. The van der Waals surface area contributed by atoms with Gasteiger partial charge in [-0.15, -0.1) is 16.4 Å². The molecule has 0 aliphatic carbocycles. The minimum absolute atomic E-state index is 0.161. The zero-order valence-corrected chi connectivity index (χ0v) is 31.6. The predicted molar refractivity (Wildman–Crippen MR) is 192 cm³/mol. The molecule has 3 aliphatic rings. The van der Waals surface area contributed by atoms with Gasteiger partial charge in [-0.1, -0.05) is 11.6 Å². The van der Waals surface area contributed by atoms with Crippen molar-refractivity contribution in [3.8, 4) is 0 Å². The fourth-order valence-corrected chi connectivity index (χ4v) is 7.83. The van der Waals surface area contributed by atoms with Crippen molar-refractivity contribution in [3.63, 3.8) is 0 Å². The normalized spacial score (nSPS) is 30.5. The van der Waals surface area contributed by atoms with Gasteiger partial charge in [-0.05, 0) is 56.4 Å². The van der Waals surface area contributed by atoms with Crippen molar-refractivity contribution >= 4 is 23.2 Å². The number of aromatic nitrogens is 4. The lowest BCUT2D eigenvalue weighted by atomic mass is 9.97. The molecule has 0 saturated carbocycles. The van der Waals surface area contributed by atoms with Gasteiger partial charge >= 0.3 is 6.09 Å². The molecule has 0 radical (unpaired) electrons. The van der Waals surface area contributed by atoms with Crippen LogP contribution in [0, 0.1) is 5.82 Å². The van der Waals surface area contributed by atoms with E-state index in [9.17, 15) is 49.7 Å². The molecule has 3 aliphatic heterocycles. The number of aliphatic hydroxyl groups excluding tert-OH is 7. The summed E-state index contributed by atoms with van der Waals surface area (Å²) in [5.41, 5.74) is 0.995. The number of hydrogen-bond donors (Lipinski definition) is 7. The Labute approximate surface area is 330 Å². The molecule has 0 spiro atoms. The summed E-state index contributed by atoms with van der Waals surface area (Å²) in [7, 11) is 0. The van der Waals surface area contributed by atoms with Gasteiger partial charge in [-0.25, -0.2) is 14.2 Å². The molecule has 1 amide bonds. The van der Waals surface area contributed by atoms with E-state index < -0.39 is 86.5 Å². The number of aliphatic hydroxyl groups is 7. The molecule has 2 aromatic heterocycles. The second kappa shape index (κ2) is 19.9. The molecule has 5 heterocycles. The maximum atomic E-state index is 13.3. The number of carbonyl (C=O) groups is 2. The molecule has 314 valence electrons. The molecule has 3 fully saturated rings. The van der Waals surface area contributed by atoms with Crippen LogP contribution in [-0.2, 0) is 36.8 Å². The largest absolute Gasteiger partial charge is 0.449 e.